The number of aromatic nitrogens is 3. The van der Waals surface area contributed by atoms with Crippen LogP contribution in [0.1, 0.15) is 29.9 Å². The lowest BCUT2D eigenvalue weighted by Gasteiger charge is -2.16. The molecule has 0 unspecified atom stereocenters. The van der Waals surface area contributed by atoms with Gasteiger partial charge in [0.1, 0.15) is 12.1 Å². The Morgan fingerprint density at radius 2 is 2.08 bits per heavy atom. The summed E-state index contributed by atoms with van der Waals surface area (Å²) in [6.45, 7) is 1.26. The van der Waals surface area contributed by atoms with Gasteiger partial charge < -0.3 is 15.2 Å². The van der Waals surface area contributed by atoms with Gasteiger partial charge >= 0.3 is 12.2 Å². The van der Waals surface area contributed by atoms with E-state index < -0.39 is 36.2 Å². The Kier molecular flexibility index (Phi) is 5.05. The summed E-state index contributed by atoms with van der Waals surface area (Å²) in [6.07, 6.45) is -3.25. The van der Waals surface area contributed by atoms with Crippen molar-refractivity contribution < 1.29 is 22.4 Å². The minimum Gasteiger partial charge on any atom is -0.334 e. The van der Waals surface area contributed by atoms with E-state index in [0.29, 0.717) is 11.9 Å². The van der Waals surface area contributed by atoms with E-state index >= 15 is 0 Å². The van der Waals surface area contributed by atoms with E-state index in [1.54, 1.807) is 18.5 Å². The second kappa shape index (κ2) is 6.85. The molecule has 0 saturated carbocycles. The molecule has 2 N–H and O–H groups in total. The summed E-state index contributed by atoms with van der Waals surface area (Å²) in [5.41, 5.74) is -1.35. The lowest BCUT2D eigenvalue weighted by Crippen LogP contribution is -2.37. The molecule has 0 fully saturated rings. The summed E-state index contributed by atoms with van der Waals surface area (Å²) < 4.78 is 53.3. The summed E-state index contributed by atoms with van der Waals surface area (Å²) in [4.78, 5) is 11.8. The molecule has 2 rings (SSSR count). The molecule has 6 nitrogen and oxygen atoms in total. The van der Waals surface area contributed by atoms with Crippen molar-refractivity contribution in [2.24, 2.45) is 7.05 Å². The highest BCUT2D eigenvalue weighted by Gasteiger charge is 2.33. The van der Waals surface area contributed by atoms with Crippen molar-refractivity contribution in [2.45, 2.75) is 25.7 Å². The molecule has 0 aliphatic carbocycles. The average molecular weight is 345 g/mol. The summed E-state index contributed by atoms with van der Waals surface area (Å²) in [6, 6.07) is 1.13. The Hall–Kier alpha value is -2.65. The summed E-state index contributed by atoms with van der Waals surface area (Å²) in [7, 11) is 1.69. The Bertz CT molecular complexity index is 728. The van der Waals surface area contributed by atoms with Gasteiger partial charge in [-0.15, -0.1) is 10.2 Å². The van der Waals surface area contributed by atoms with Crippen LogP contribution in [0.4, 0.5) is 22.4 Å². The van der Waals surface area contributed by atoms with E-state index in [1.165, 1.54) is 6.33 Å². The van der Waals surface area contributed by atoms with Crippen LogP contribution >= 0.6 is 0 Å². The third kappa shape index (κ3) is 4.21. The number of aryl methyl sites for hydroxylation is 1. The molecule has 130 valence electrons. The van der Waals surface area contributed by atoms with Gasteiger partial charge in [0.15, 0.2) is 5.82 Å². The van der Waals surface area contributed by atoms with Crippen LogP contribution in [-0.2, 0) is 19.8 Å². The quantitative estimate of drug-likeness (QED) is 0.837. The minimum absolute atomic E-state index is 0.231. The van der Waals surface area contributed by atoms with Crippen molar-refractivity contribution in [2.75, 3.05) is 0 Å². The van der Waals surface area contributed by atoms with Crippen molar-refractivity contribution in [1.29, 1.82) is 0 Å². The van der Waals surface area contributed by atoms with Crippen LogP contribution in [0.25, 0.3) is 0 Å². The second-order valence-corrected chi connectivity index (χ2v) is 5.15. The topological polar surface area (TPSA) is 71.8 Å². The predicted molar refractivity (Wildman–Crippen MR) is 76.2 cm³/mol. The van der Waals surface area contributed by atoms with E-state index in [4.69, 9.17) is 0 Å². The molecule has 10 heteroatoms. The molecule has 0 aliphatic rings. The number of rotatable bonds is 4. The van der Waals surface area contributed by atoms with Crippen LogP contribution in [0.5, 0.6) is 0 Å². The normalized spacial score (nSPS) is 12.8. The smallest absolute Gasteiger partial charge is 0.334 e. The van der Waals surface area contributed by atoms with Gasteiger partial charge in [0.25, 0.3) is 0 Å². The number of alkyl halides is 3. The first kappa shape index (κ1) is 17.7. The fourth-order valence-electron chi connectivity index (χ4n) is 2.14. The van der Waals surface area contributed by atoms with E-state index in [2.05, 4.69) is 20.8 Å². The van der Waals surface area contributed by atoms with Gasteiger partial charge in [-0.3, -0.25) is 0 Å². The SMILES string of the molecule is C[C@@H](NC(=O)NCc1ccc(F)cc1C(F)(F)F)c1nncn1C. The Balaban J connectivity index is 2.01. The minimum atomic E-state index is -4.71. The zero-order valence-electron chi connectivity index (χ0n) is 12.9. The van der Waals surface area contributed by atoms with Gasteiger partial charge in [-0.25, -0.2) is 9.18 Å². The zero-order chi connectivity index (χ0) is 17.9. The maximum absolute atomic E-state index is 13.0. The summed E-state index contributed by atoms with van der Waals surface area (Å²) >= 11 is 0. The van der Waals surface area contributed by atoms with Crippen molar-refractivity contribution in [1.82, 2.24) is 25.4 Å². The number of benzene rings is 1. The molecule has 1 aromatic heterocycles. The van der Waals surface area contributed by atoms with Crippen molar-refractivity contribution >= 4 is 6.03 Å². The largest absolute Gasteiger partial charge is 0.416 e. The maximum atomic E-state index is 13.0. The lowest BCUT2D eigenvalue weighted by molar-refractivity contribution is -0.138. The number of nitrogens with one attached hydrogen (secondary N) is 2. The van der Waals surface area contributed by atoms with Crippen LogP contribution in [0.2, 0.25) is 0 Å². The zero-order valence-corrected chi connectivity index (χ0v) is 12.9. The highest BCUT2D eigenvalue weighted by Crippen LogP contribution is 2.32. The number of carbonyl (C=O) groups excluding carboxylic acids is 1. The van der Waals surface area contributed by atoms with Crippen LogP contribution in [0.15, 0.2) is 24.5 Å². The highest BCUT2D eigenvalue weighted by atomic mass is 19.4. The van der Waals surface area contributed by atoms with Crippen LogP contribution in [0, 0.1) is 5.82 Å². The molecule has 0 bridgehead atoms. The Labute approximate surface area is 134 Å². The Morgan fingerprint density at radius 3 is 2.67 bits per heavy atom. The highest BCUT2D eigenvalue weighted by molar-refractivity contribution is 5.74. The van der Waals surface area contributed by atoms with E-state index in [-0.39, 0.29) is 5.56 Å². The summed E-state index contributed by atoms with van der Waals surface area (Å²) in [5.74, 6) is -0.505. The molecule has 0 aliphatic heterocycles. The standard InChI is InChI=1S/C14H15F4N5O/c1-8(12-22-20-7-23(12)2)21-13(24)19-6-9-3-4-10(15)5-11(9)14(16,17)18/h3-5,7-8H,6H2,1-2H3,(H2,19,21,24)/t8-/m1/s1. The first-order valence-corrected chi connectivity index (χ1v) is 6.92. The van der Waals surface area contributed by atoms with E-state index in [0.717, 1.165) is 12.1 Å². The maximum Gasteiger partial charge on any atom is 0.416 e. The van der Waals surface area contributed by atoms with Gasteiger partial charge in [-0.2, -0.15) is 13.2 Å². The first-order chi connectivity index (χ1) is 11.2. The van der Waals surface area contributed by atoms with Gasteiger partial charge in [0, 0.05) is 13.6 Å². The monoisotopic (exact) mass is 345 g/mol. The third-order valence-electron chi connectivity index (χ3n) is 3.30. The molecule has 0 saturated heterocycles. The van der Waals surface area contributed by atoms with Crippen molar-refractivity contribution in [3.8, 4) is 0 Å². The summed E-state index contributed by atoms with van der Waals surface area (Å²) in [5, 5.41) is 12.3. The average Bonchev–Trinajstić information content (AvgIpc) is 2.91. The number of hydrogen-bond acceptors (Lipinski definition) is 3. The van der Waals surface area contributed by atoms with Crippen molar-refractivity contribution in [3.05, 3.63) is 47.3 Å². The van der Waals surface area contributed by atoms with Crippen LogP contribution in [-0.4, -0.2) is 20.8 Å². The fourth-order valence-corrected chi connectivity index (χ4v) is 2.14. The predicted octanol–water partition coefficient (Wildman–Crippen LogP) is 2.53. The molecule has 1 heterocycles. The van der Waals surface area contributed by atoms with Gasteiger partial charge in [0.05, 0.1) is 11.6 Å². The molecule has 24 heavy (non-hydrogen) atoms. The number of amides is 2. The number of carbonyl (C=O) groups is 1. The lowest BCUT2D eigenvalue weighted by atomic mass is 10.1. The first-order valence-electron chi connectivity index (χ1n) is 6.92. The van der Waals surface area contributed by atoms with Crippen LogP contribution < -0.4 is 10.6 Å². The molecular weight excluding hydrogens is 330 g/mol. The van der Waals surface area contributed by atoms with Gasteiger partial charge in [-0.05, 0) is 24.6 Å². The fraction of sp³-hybridized carbons (Fsp3) is 0.357. The molecule has 0 spiro atoms. The Morgan fingerprint density at radius 1 is 1.38 bits per heavy atom. The number of urea groups is 1. The molecule has 1 atom stereocenters. The van der Waals surface area contributed by atoms with Crippen molar-refractivity contribution in [3.63, 3.8) is 0 Å². The third-order valence-corrected chi connectivity index (χ3v) is 3.30. The number of hydrogen-bond donors (Lipinski definition) is 2. The molecule has 1 aromatic carbocycles. The molecular formula is C14H15F4N5O. The molecule has 2 amide bonds. The van der Waals surface area contributed by atoms with Gasteiger partial charge in [0.2, 0.25) is 0 Å². The molecule has 0 radical (unpaired) electrons. The van der Waals surface area contributed by atoms with Crippen LogP contribution in [0.3, 0.4) is 0 Å². The van der Waals surface area contributed by atoms with Gasteiger partial charge in [-0.1, -0.05) is 6.07 Å². The van der Waals surface area contributed by atoms with E-state index in [1.807, 2.05) is 0 Å². The number of halogens is 4. The van der Waals surface area contributed by atoms with E-state index in [9.17, 15) is 22.4 Å². The second-order valence-electron chi connectivity index (χ2n) is 5.15. The number of nitrogens with zero attached hydrogens (tertiary/aromatic N) is 3. The molecule has 2 aromatic rings.